The van der Waals surface area contributed by atoms with Crippen molar-refractivity contribution in [1.29, 1.82) is 0 Å². The number of aliphatic hydroxyl groups excluding tert-OH is 1. The average Bonchev–Trinajstić information content (AvgIpc) is 2.66. The fourth-order valence-electron chi connectivity index (χ4n) is 3.43. The van der Waals surface area contributed by atoms with Gasteiger partial charge in [-0.25, -0.2) is 0 Å². The van der Waals surface area contributed by atoms with Gasteiger partial charge in [0.1, 0.15) is 0 Å². The van der Waals surface area contributed by atoms with Crippen LogP contribution in [-0.4, -0.2) is 20.6 Å². The first-order chi connectivity index (χ1) is 13.3. The Balaban J connectivity index is 2.85. The van der Waals surface area contributed by atoms with E-state index in [4.69, 9.17) is 4.98 Å². The van der Waals surface area contributed by atoms with Crippen molar-refractivity contribution in [3.8, 4) is 11.1 Å². The summed E-state index contributed by atoms with van der Waals surface area (Å²) in [6, 6.07) is 7.85. The van der Waals surface area contributed by atoms with Crippen LogP contribution in [0.4, 0.5) is 0 Å². The number of nitrogens with zero attached hydrogens (tertiary/aromatic N) is 1. The van der Waals surface area contributed by atoms with Gasteiger partial charge in [-0.3, -0.25) is 9.19 Å². The van der Waals surface area contributed by atoms with Crippen molar-refractivity contribution >= 4 is 16.9 Å². The van der Waals surface area contributed by atoms with Crippen molar-refractivity contribution < 1.29 is 9.32 Å². The van der Waals surface area contributed by atoms with Gasteiger partial charge in [-0.05, 0) is 41.5 Å². The summed E-state index contributed by atoms with van der Waals surface area (Å²) in [5.41, 5.74) is 6.07. The molecule has 2 rings (SSSR count). The molecule has 1 heterocycles. The molecule has 0 saturated carbocycles. The maximum absolute atomic E-state index is 11.8. The first-order valence-corrected chi connectivity index (χ1v) is 11.6. The molecule has 1 aromatic carbocycles. The first kappa shape index (κ1) is 22.5. The van der Waals surface area contributed by atoms with Crippen LogP contribution in [0.1, 0.15) is 81.8 Å². The van der Waals surface area contributed by atoms with Gasteiger partial charge in [-0.15, -0.1) is 0 Å². The minimum atomic E-state index is -1.01. The van der Waals surface area contributed by atoms with Crippen LogP contribution in [0.3, 0.4) is 0 Å². The number of benzene rings is 1. The highest BCUT2D eigenvalue weighted by Gasteiger charge is 2.22. The van der Waals surface area contributed by atoms with Gasteiger partial charge >= 0.3 is 0 Å². The Bertz CT molecular complexity index is 852. The molecule has 0 bridgehead atoms. The monoisotopic (exact) mass is 399 g/mol. The lowest BCUT2D eigenvalue weighted by Crippen LogP contribution is -2.10. The van der Waals surface area contributed by atoms with Crippen LogP contribution >= 0.6 is 0 Å². The molecule has 0 aliphatic heterocycles. The average molecular weight is 400 g/mol. The van der Waals surface area contributed by atoms with Gasteiger partial charge < -0.3 is 5.11 Å². The lowest BCUT2D eigenvalue weighted by atomic mass is 9.87. The summed E-state index contributed by atoms with van der Waals surface area (Å²) in [5.74, 6) is 0.488. The second-order valence-electron chi connectivity index (χ2n) is 7.79. The number of rotatable bonds is 8. The van der Waals surface area contributed by atoms with Crippen LogP contribution in [0, 0.1) is 0 Å². The van der Waals surface area contributed by atoms with Crippen molar-refractivity contribution in [2.24, 2.45) is 0 Å². The van der Waals surface area contributed by atoms with Crippen LogP contribution in [0.15, 0.2) is 35.2 Å². The van der Waals surface area contributed by atoms with E-state index in [1.54, 1.807) is 6.26 Å². The molecule has 152 valence electrons. The SMILES string of the molecule is CCCC=Cc1c(C(C)C)nc(C(C)C)c(CO)c1-c1ccc(S(C)=O)cc1. The van der Waals surface area contributed by atoms with Crippen molar-refractivity contribution in [3.05, 3.63) is 52.9 Å². The van der Waals surface area contributed by atoms with E-state index in [1.165, 1.54) is 0 Å². The minimum Gasteiger partial charge on any atom is -0.392 e. The normalized spacial score (nSPS) is 13.0. The summed E-state index contributed by atoms with van der Waals surface area (Å²) in [7, 11) is -1.01. The maximum Gasteiger partial charge on any atom is 0.0706 e. The van der Waals surface area contributed by atoms with Gasteiger partial charge in [-0.2, -0.15) is 0 Å². The molecule has 0 radical (unpaired) electrons. The fourth-order valence-corrected chi connectivity index (χ4v) is 3.95. The van der Waals surface area contributed by atoms with Gasteiger partial charge in [0.25, 0.3) is 0 Å². The Morgan fingerprint density at radius 3 is 2.14 bits per heavy atom. The molecule has 1 aromatic heterocycles. The predicted molar refractivity (Wildman–Crippen MR) is 120 cm³/mol. The molecule has 1 unspecified atom stereocenters. The second-order valence-corrected chi connectivity index (χ2v) is 9.17. The molecule has 0 fully saturated rings. The largest absolute Gasteiger partial charge is 0.392 e. The smallest absolute Gasteiger partial charge is 0.0706 e. The third kappa shape index (κ3) is 4.98. The zero-order valence-electron chi connectivity index (χ0n) is 18.0. The molecule has 0 spiro atoms. The van der Waals surface area contributed by atoms with E-state index in [2.05, 4.69) is 46.8 Å². The maximum atomic E-state index is 11.8. The van der Waals surface area contributed by atoms with Crippen LogP contribution < -0.4 is 0 Å². The van der Waals surface area contributed by atoms with E-state index in [1.807, 2.05) is 24.3 Å². The topological polar surface area (TPSA) is 50.2 Å². The third-order valence-corrected chi connectivity index (χ3v) is 5.80. The standard InChI is InChI=1S/C24H33NO2S/c1-7-8-9-10-20-22(18-11-13-19(14-12-18)28(6)27)21(15-26)24(17(4)5)25-23(20)16(2)3/h9-14,16-17,26H,7-8,15H2,1-6H3. The van der Waals surface area contributed by atoms with Crippen LogP contribution in [0.25, 0.3) is 17.2 Å². The van der Waals surface area contributed by atoms with Crippen molar-refractivity contribution in [2.45, 2.75) is 70.8 Å². The number of pyridine rings is 1. The van der Waals surface area contributed by atoms with Crippen molar-refractivity contribution in [2.75, 3.05) is 6.26 Å². The molecular weight excluding hydrogens is 366 g/mol. The third-order valence-electron chi connectivity index (χ3n) is 4.86. The molecule has 1 atom stereocenters. The zero-order chi connectivity index (χ0) is 20.8. The molecule has 4 heteroatoms. The lowest BCUT2D eigenvalue weighted by molar-refractivity contribution is 0.280. The van der Waals surface area contributed by atoms with Gasteiger partial charge in [0, 0.05) is 38.8 Å². The Morgan fingerprint density at radius 2 is 1.68 bits per heavy atom. The second kappa shape index (κ2) is 10.1. The molecule has 2 aromatic rings. The van der Waals surface area contributed by atoms with E-state index in [9.17, 15) is 9.32 Å². The molecule has 3 nitrogen and oxygen atoms in total. The molecule has 0 amide bonds. The van der Waals surface area contributed by atoms with E-state index in [-0.39, 0.29) is 18.4 Å². The van der Waals surface area contributed by atoms with Gasteiger partial charge in [0.2, 0.25) is 0 Å². The molecule has 28 heavy (non-hydrogen) atoms. The molecule has 1 N–H and O–H groups in total. The lowest BCUT2D eigenvalue weighted by Gasteiger charge is -2.23. The predicted octanol–water partition coefficient (Wildman–Crippen LogP) is 6.04. The summed E-state index contributed by atoms with van der Waals surface area (Å²) in [6.07, 6.45) is 8.14. The zero-order valence-corrected chi connectivity index (χ0v) is 18.8. The Morgan fingerprint density at radius 1 is 1.07 bits per heavy atom. The van der Waals surface area contributed by atoms with E-state index in [0.29, 0.717) is 0 Å². The summed E-state index contributed by atoms with van der Waals surface area (Å²) in [6.45, 7) is 10.7. The van der Waals surface area contributed by atoms with E-state index < -0.39 is 10.8 Å². The van der Waals surface area contributed by atoms with Gasteiger partial charge in [0.15, 0.2) is 0 Å². The Kier molecular flexibility index (Phi) is 8.14. The highest BCUT2D eigenvalue weighted by atomic mass is 32.2. The summed E-state index contributed by atoms with van der Waals surface area (Å²) >= 11 is 0. The first-order valence-electron chi connectivity index (χ1n) is 10.1. The Labute approximate surface area is 172 Å². The highest BCUT2D eigenvalue weighted by molar-refractivity contribution is 7.84. The quantitative estimate of drug-likeness (QED) is 0.589. The summed E-state index contributed by atoms with van der Waals surface area (Å²) in [5, 5.41) is 10.3. The van der Waals surface area contributed by atoms with Crippen molar-refractivity contribution in [3.63, 3.8) is 0 Å². The van der Waals surface area contributed by atoms with E-state index in [0.717, 1.165) is 51.4 Å². The number of allylic oxidation sites excluding steroid dienone is 1. The number of unbranched alkanes of at least 4 members (excludes halogenated alkanes) is 1. The molecule has 0 saturated heterocycles. The fraction of sp³-hybridized carbons (Fsp3) is 0.458. The van der Waals surface area contributed by atoms with Crippen LogP contribution in [-0.2, 0) is 17.4 Å². The summed E-state index contributed by atoms with van der Waals surface area (Å²) in [4.78, 5) is 5.80. The number of aliphatic hydroxyl groups is 1. The summed E-state index contributed by atoms with van der Waals surface area (Å²) < 4.78 is 11.8. The molecule has 0 aliphatic carbocycles. The van der Waals surface area contributed by atoms with Crippen molar-refractivity contribution in [1.82, 2.24) is 4.98 Å². The number of hydrogen-bond acceptors (Lipinski definition) is 3. The van der Waals surface area contributed by atoms with Crippen LogP contribution in [0.2, 0.25) is 0 Å². The number of hydrogen-bond donors (Lipinski definition) is 1. The van der Waals surface area contributed by atoms with Crippen LogP contribution in [0.5, 0.6) is 0 Å². The number of aromatic nitrogens is 1. The van der Waals surface area contributed by atoms with E-state index >= 15 is 0 Å². The highest BCUT2D eigenvalue weighted by Crippen LogP contribution is 2.37. The van der Waals surface area contributed by atoms with Gasteiger partial charge in [0.05, 0.1) is 12.3 Å². The molecule has 0 aliphatic rings. The minimum absolute atomic E-state index is 0.0513. The Hall–Kier alpha value is -1.78. The molecular formula is C24H33NO2S. The van der Waals surface area contributed by atoms with Gasteiger partial charge in [-0.1, -0.05) is 65.3 Å².